The van der Waals surface area contributed by atoms with E-state index in [0.29, 0.717) is 28.0 Å². The van der Waals surface area contributed by atoms with Crippen molar-refractivity contribution >= 4 is 46.3 Å². The molecule has 2 heterocycles. The number of thioether (sulfide) groups is 1. The molecule has 5 atom stereocenters. The molecule has 2 bridgehead atoms. The van der Waals surface area contributed by atoms with Crippen LogP contribution in [0.2, 0.25) is 5.02 Å². The summed E-state index contributed by atoms with van der Waals surface area (Å²) in [6, 6.07) is 12.3. The fraction of sp³-hybridized carbons (Fsp3) is 0.385. The molecule has 1 aromatic heterocycles. The molecule has 10 heteroatoms. The third-order valence-corrected chi connectivity index (χ3v) is 10.8. The largest absolute Gasteiger partial charge is 0.416 e. The van der Waals surface area contributed by atoms with Gasteiger partial charge in [-0.15, -0.1) is 11.8 Å². The predicted octanol–water partition coefficient (Wildman–Crippen LogP) is 6.87. The Morgan fingerprint density at radius 1 is 1.11 bits per heavy atom. The molecule has 3 aliphatic rings. The molecular weight excluding hydrogens is 529 g/mol. The van der Waals surface area contributed by atoms with Crippen LogP contribution in [0.15, 0.2) is 58.4 Å². The smallest absolute Gasteiger partial charge is 0.325 e. The first kappa shape index (κ1) is 24.1. The van der Waals surface area contributed by atoms with Gasteiger partial charge in [0.25, 0.3) is 0 Å². The fourth-order valence-electron chi connectivity index (χ4n) is 6.25. The zero-order valence-corrected chi connectivity index (χ0v) is 21.3. The molecule has 2 saturated carbocycles. The van der Waals surface area contributed by atoms with E-state index in [-0.39, 0.29) is 23.0 Å². The maximum Gasteiger partial charge on any atom is 0.416 e. The van der Waals surface area contributed by atoms with Gasteiger partial charge in [-0.1, -0.05) is 41.1 Å². The summed E-state index contributed by atoms with van der Waals surface area (Å²) in [6.07, 6.45) is -0.914. The Bertz CT molecular complexity index is 1390. The number of amides is 1. The number of carbonyl (C=O) groups is 1. The van der Waals surface area contributed by atoms with E-state index in [1.807, 2.05) is 24.3 Å². The molecule has 36 heavy (non-hydrogen) atoms. The molecule has 1 amide bonds. The number of carbonyl (C=O) groups excluding carboxylic acids is 1. The summed E-state index contributed by atoms with van der Waals surface area (Å²) < 4.78 is 40.7. The molecule has 6 rings (SSSR count). The molecule has 0 radical (unpaired) electrons. The van der Waals surface area contributed by atoms with Crippen molar-refractivity contribution in [3.63, 3.8) is 0 Å². The highest BCUT2D eigenvalue weighted by atomic mass is 35.5. The predicted molar refractivity (Wildman–Crippen MR) is 136 cm³/mol. The number of alkyl halides is 3. The van der Waals surface area contributed by atoms with Crippen LogP contribution in [0.5, 0.6) is 0 Å². The maximum atomic E-state index is 13.1. The Kier molecular flexibility index (Phi) is 6.00. The normalized spacial score (nSPS) is 26.5. The van der Waals surface area contributed by atoms with Crippen LogP contribution in [0.4, 0.5) is 18.9 Å². The Labute approximate surface area is 218 Å². The summed E-state index contributed by atoms with van der Waals surface area (Å²) in [5.41, 5.74) is 0.339. The molecule has 2 aliphatic carbocycles. The van der Waals surface area contributed by atoms with E-state index < -0.39 is 17.6 Å². The lowest BCUT2D eigenvalue weighted by atomic mass is 9.75. The van der Waals surface area contributed by atoms with Gasteiger partial charge < -0.3 is 5.32 Å². The number of hydrogen-bond donors (Lipinski definition) is 1. The highest BCUT2D eigenvalue weighted by Crippen LogP contribution is 2.64. The van der Waals surface area contributed by atoms with Gasteiger partial charge in [0.2, 0.25) is 5.91 Å². The number of halogens is 4. The van der Waals surface area contributed by atoms with Crippen molar-refractivity contribution in [3.05, 3.63) is 79.2 Å². The monoisotopic (exact) mass is 550 g/mol. The number of aromatic nitrogens is 1. The molecule has 2 aromatic carbocycles. The van der Waals surface area contributed by atoms with Crippen LogP contribution < -0.4 is 10.2 Å². The van der Waals surface area contributed by atoms with Crippen LogP contribution in [0.3, 0.4) is 0 Å². The topological polar surface area (TPSA) is 51.1 Å². The number of hydrogen-bond acceptors (Lipinski definition) is 4. The lowest BCUT2D eigenvalue weighted by Crippen LogP contribution is -2.34. The number of nitrogens with zero attached hydrogens (tertiary/aromatic N) is 1. The van der Waals surface area contributed by atoms with Crippen LogP contribution in [0.25, 0.3) is 0 Å². The average Bonchev–Trinajstić information content (AvgIpc) is 3.52. The Hall–Kier alpha value is -2.23. The molecule has 1 N–H and O–H groups in total. The molecule has 3 aromatic rings. The third kappa shape index (κ3) is 4.19. The quantitative estimate of drug-likeness (QED) is 0.385. The lowest BCUT2D eigenvalue weighted by molar-refractivity contribution is -0.137. The minimum absolute atomic E-state index is 0.0480. The van der Waals surface area contributed by atoms with Crippen molar-refractivity contribution in [2.24, 2.45) is 17.8 Å². The van der Waals surface area contributed by atoms with E-state index in [2.05, 4.69) is 5.32 Å². The van der Waals surface area contributed by atoms with E-state index in [4.69, 9.17) is 11.6 Å². The summed E-state index contributed by atoms with van der Waals surface area (Å²) in [6.45, 7) is -0.243. The van der Waals surface area contributed by atoms with E-state index in [0.717, 1.165) is 27.6 Å². The van der Waals surface area contributed by atoms with Gasteiger partial charge in [0.05, 0.1) is 10.6 Å². The molecule has 0 spiro atoms. The van der Waals surface area contributed by atoms with Crippen LogP contribution in [0.1, 0.15) is 41.2 Å². The second-order valence-electron chi connectivity index (χ2n) is 9.77. The zero-order valence-electron chi connectivity index (χ0n) is 18.9. The number of anilines is 1. The Morgan fingerprint density at radius 3 is 2.61 bits per heavy atom. The standard InChI is InChI=1S/C26H22ClF3N2O2S2/c27-17-8-6-13(7-9-17)20-21-14-4-5-15(10-14)22(21)35-24-23(20)36-25(34)32(24)12-19(33)31-18-3-1-2-16(11-18)26(28,29)30/h1-3,6-9,11,14-15,20-22H,4-5,10,12H2,(H,31,33)/t14-,15+,20-,21-,22+/m1/s1. The van der Waals surface area contributed by atoms with Gasteiger partial charge in [0.15, 0.2) is 0 Å². The first-order valence-corrected chi connectivity index (χ1v) is 13.9. The van der Waals surface area contributed by atoms with Crippen molar-refractivity contribution in [1.29, 1.82) is 0 Å². The van der Waals surface area contributed by atoms with Crippen LogP contribution in [0, 0.1) is 17.8 Å². The Morgan fingerprint density at radius 2 is 1.86 bits per heavy atom. The first-order valence-electron chi connectivity index (χ1n) is 11.8. The van der Waals surface area contributed by atoms with E-state index in [1.54, 1.807) is 11.8 Å². The van der Waals surface area contributed by atoms with Crippen molar-refractivity contribution in [3.8, 4) is 0 Å². The highest BCUT2D eigenvalue weighted by molar-refractivity contribution is 8.00. The second-order valence-corrected chi connectivity index (χ2v) is 12.4. The number of rotatable bonds is 4. The number of fused-ring (bicyclic) bond motifs is 6. The molecular formula is C26H22ClF3N2O2S2. The van der Waals surface area contributed by atoms with Gasteiger partial charge in [-0.3, -0.25) is 14.2 Å². The van der Waals surface area contributed by atoms with E-state index in [9.17, 15) is 22.8 Å². The van der Waals surface area contributed by atoms with Gasteiger partial charge in [0.1, 0.15) is 6.54 Å². The van der Waals surface area contributed by atoms with E-state index >= 15 is 0 Å². The lowest BCUT2D eigenvalue weighted by Gasteiger charge is -2.40. The third-order valence-electron chi connectivity index (χ3n) is 7.70. The van der Waals surface area contributed by atoms with Crippen LogP contribution >= 0.6 is 34.7 Å². The molecule has 0 unspecified atom stereocenters. The van der Waals surface area contributed by atoms with Gasteiger partial charge in [-0.25, -0.2) is 0 Å². The first-order chi connectivity index (χ1) is 17.2. The average molecular weight is 551 g/mol. The van der Waals surface area contributed by atoms with E-state index in [1.165, 1.54) is 47.3 Å². The number of thiazole rings is 1. The molecule has 4 nitrogen and oxygen atoms in total. The number of benzene rings is 2. The highest BCUT2D eigenvalue weighted by Gasteiger charge is 2.55. The number of nitrogens with one attached hydrogen (secondary N) is 1. The van der Waals surface area contributed by atoms with Gasteiger partial charge in [-0.2, -0.15) is 13.2 Å². The minimum Gasteiger partial charge on any atom is -0.325 e. The molecule has 2 fully saturated rings. The summed E-state index contributed by atoms with van der Waals surface area (Å²) >= 11 is 9.04. The summed E-state index contributed by atoms with van der Waals surface area (Å²) in [7, 11) is 0. The van der Waals surface area contributed by atoms with Crippen molar-refractivity contribution < 1.29 is 18.0 Å². The zero-order chi connectivity index (χ0) is 25.2. The van der Waals surface area contributed by atoms with Crippen LogP contribution in [-0.2, 0) is 17.5 Å². The van der Waals surface area contributed by atoms with Gasteiger partial charge in [-0.05, 0) is 72.9 Å². The Balaban J connectivity index is 1.32. The van der Waals surface area contributed by atoms with Crippen molar-refractivity contribution in [2.45, 2.75) is 48.2 Å². The summed E-state index contributed by atoms with van der Waals surface area (Å²) in [5.74, 6) is 1.19. The summed E-state index contributed by atoms with van der Waals surface area (Å²) in [4.78, 5) is 26.7. The van der Waals surface area contributed by atoms with Crippen LogP contribution in [-0.4, -0.2) is 15.7 Å². The van der Waals surface area contributed by atoms with Crippen molar-refractivity contribution in [2.75, 3.05) is 5.32 Å². The maximum absolute atomic E-state index is 13.1. The molecule has 0 saturated heterocycles. The summed E-state index contributed by atoms with van der Waals surface area (Å²) in [5, 5.41) is 4.39. The van der Waals surface area contributed by atoms with Crippen molar-refractivity contribution in [1.82, 2.24) is 4.57 Å². The molecule has 188 valence electrons. The second kappa shape index (κ2) is 8.96. The molecule has 1 aliphatic heterocycles. The fourth-order valence-corrected chi connectivity index (χ4v) is 9.52. The SMILES string of the molecule is O=C(Cn1c2c(sc1=O)[C@H](c1ccc(Cl)cc1)[C@H]1[C@@H]3CC[C@@H](C3)[C@@H]1S2)Nc1cccc(C(F)(F)F)c1. The van der Waals surface area contributed by atoms with Gasteiger partial charge >= 0.3 is 11.0 Å². The van der Waals surface area contributed by atoms with Gasteiger partial charge in [0, 0.05) is 26.8 Å². The minimum atomic E-state index is -4.51.